The van der Waals surface area contributed by atoms with Crippen molar-refractivity contribution in [2.45, 2.75) is 31.4 Å². The number of aliphatic hydroxyl groups is 1. The molecule has 92 valence electrons. The van der Waals surface area contributed by atoms with Crippen molar-refractivity contribution in [1.82, 2.24) is 10.1 Å². The van der Waals surface area contributed by atoms with E-state index in [9.17, 15) is 8.42 Å². The van der Waals surface area contributed by atoms with Crippen molar-refractivity contribution >= 4 is 9.84 Å². The second kappa shape index (κ2) is 5.40. The zero-order valence-electron chi connectivity index (χ0n) is 9.38. The van der Waals surface area contributed by atoms with Gasteiger partial charge in [-0.15, -0.1) is 0 Å². The van der Waals surface area contributed by atoms with Gasteiger partial charge in [0.15, 0.2) is 15.7 Å². The van der Waals surface area contributed by atoms with Crippen LogP contribution >= 0.6 is 0 Å². The lowest BCUT2D eigenvalue weighted by Gasteiger charge is -2.01. The molecule has 1 heterocycles. The van der Waals surface area contributed by atoms with Gasteiger partial charge in [-0.25, -0.2) is 8.42 Å². The van der Waals surface area contributed by atoms with E-state index in [4.69, 9.17) is 9.63 Å². The molecule has 0 bridgehead atoms. The van der Waals surface area contributed by atoms with E-state index in [0.29, 0.717) is 18.7 Å². The number of rotatable bonds is 6. The molecule has 0 amide bonds. The monoisotopic (exact) mass is 248 g/mol. The van der Waals surface area contributed by atoms with Crippen LogP contribution in [0.4, 0.5) is 0 Å². The van der Waals surface area contributed by atoms with Crippen LogP contribution in [0.5, 0.6) is 0 Å². The number of aliphatic hydroxyl groups excluding tert-OH is 1. The number of aryl methyl sites for hydroxylation is 1. The van der Waals surface area contributed by atoms with E-state index in [2.05, 4.69) is 10.1 Å². The highest BCUT2D eigenvalue weighted by molar-refractivity contribution is 7.90. The molecule has 0 aliphatic carbocycles. The first-order valence-corrected chi connectivity index (χ1v) is 7.03. The number of hydrogen-bond acceptors (Lipinski definition) is 6. The van der Waals surface area contributed by atoms with Gasteiger partial charge in [0.1, 0.15) is 5.25 Å². The Hall–Kier alpha value is -0.950. The van der Waals surface area contributed by atoms with Crippen molar-refractivity contribution in [3.8, 4) is 0 Å². The highest BCUT2D eigenvalue weighted by Crippen LogP contribution is 2.17. The first-order chi connectivity index (χ1) is 7.45. The average Bonchev–Trinajstić information content (AvgIpc) is 2.64. The molecule has 6 nitrogen and oxygen atoms in total. The fourth-order valence-corrected chi connectivity index (χ4v) is 1.59. The number of unbranched alkanes of at least 4 members (excludes halogenated alkanes) is 1. The fourth-order valence-electron chi connectivity index (χ4n) is 1.11. The molecule has 0 spiro atoms. The van der Waals surface area contributed by atoms with Gasteiger partial charge in [-0.3, -0.25) is 0 Å². The van der Waals surface area contributed by atoms with Crippen LogP contribution in [0.1, 0.15) is 36.7 Å². The Morgan fingerprint density at radius 3 is 2.69 bits per heavy atom. The van der Waals surface area contributed by atoms with Gasteiger partial charge in [0.25, 0.3) is 0 Å². The second-order valence-electron chi connectivity index (χ2n) is 3.70. The molecule has 0 aliphatic heterocycles. The van der Waals surface area contributed by atoms with Crippen LogP contribution in [-0.2, 0) is 16.3 Å². The molecule has 0 aromatic carbocycles. The maximum absolute atomic E-state index is 11.2. The predicted octanol–water partition coefficient (Wildman–Crippen LogP) is 0.490. The Morgan fingerprint density at radius 2 is 2.12 bits per heavy atom. The largest absolute Gasteiger partial charge is 0.396 e. The molecule has 16 heavy (non-hydrogen) atoms. The number of nitrogens with zero attached hydrogens (tertiary/aromatic N) is 2. The normalized spacial score (nSPS) is 13.9. The second-order valence-corrected chi connectivity index (χ2v) is 6.06. The van der Waals surface area contributed by atoms with Crippen LogP contribution in [-0.4, -0.2) is 36.5 Å². The number of hydrogen-bond donors (Lipinski definition) is 1. The Bertz CT molecular complexity index is 426. The zero-order valence-corrected chi connectivity index (χ0v) is 10.2. The fraction of sp³-hybridized carbons (Fsp3) is 0.778. The van der Waals surface area contributed by atoms with Crippen LogP contribution < -0.4 is 0 Å². The standard InChI is InChI=1S/C9H16N2O4S/c1-7(16(2,13)14)9-10-8(15-11-9)5-3-4-6-12/h7,12H,3-6H2,1-2H3. The lowest BCUT2D eigenvalue weighted by Crippen LogP contribution is -2.09. The third-order valence-electron chi connectivity index (χ3n) is 2.29. The predicted molar refractivity (Wildman–Crippen MR) is 57.6 cm³/mol. The number of aromatic nitrogens is 2. The SMILES string of the molecule is CC(c1noc(CCCCO)n1)S(C)(=O)=O. The highest BCUT2D eigenvalue weighted by atomic mass is 32.2. The Kier molecular flexibility index (Phi) is 4.43. The van der Waals surface area contributed by atoms with Gasteiger partial charge in [-0.05, 0) is 19.8 Å². The van der Waals surface area contributed by atoms with E-state index in [0.717, 1.165) is 12.7 Å². The molecule has 1 rings (SSSR count). The summed E-state index contributed by atoms with van der Waals surface area (Å²) in [5.41, 5.74) is 0. The van der Waals surface area contributed by atoms with Gasteiger partial charge in [0.2, 0.25) is 5.89 Å². The summed E-state index contributed by atoms with van der Waals surface area (Å²) >= 11 is 0. The van der Waals surface area contributed by atoms with Gasteiger partial charge in [0, 0.05) is 19.3 Å². The van der Waals surface area contributed by atoms with Gasteiger partial charge < -0.3 is 9.63 Å². The Morgan fingerprint density at radius 1 is 1.44 bits per heavy atom. The third kappa shape index (κ3) is 3.57. The van der Waals surface area contributed by atoms with Crippen LogP contribution in [0, 0.1) is 0 Å². The molecule has 1 aromatic heterocycles. The van der Waals surface area contributed by atoms with Gasteiger partial charge >= 0.3 is 0 Å². The van der Waals surface area contributed by atoms with E-state index in [1.807, 2.05) is 0 Å². The maximum atomic E-state index is 11.2. The van der Waals surface area contributed by atoms with E-state index >= 15 is 0 Å². The molecule has 0 saturated heterocycles. The van der Waals surface area contributed by atoms with Crippen LogP contribution in [0.15, 0.2) is 4.52 Å². The first kappa shape index (κ1) is 13.1. The summed E-state index contributed by atoms with van der Waals surface area (Å²) in [7, 11) is -3.19. The molecule has 1 atom stereocenters. The maximum Gasteiger partial charge on any atom is 0.226 e. The van der Waals surface area contributed by atoms with E-state index in [1.165, 1.54) is 6.92 Å². The van der Waals surface area contributed by atoms with Crippen molar-refractivity contribution in [2.24, 2.45) is 0 Å². The molecule has 1 aromatic rings. The summed E-state index contributed by atoms with van der Waals surface area (Å²) in [6.45, 7) is 1.65. The zero-order chi connectivity index (χ0) is 12.2. The van der Waals surface area contributed by atoms with Gasteiger partial charge in [0.05, 0.1) is 0 Å². The first-order valence-electron chi connectivity index (χ1n) is 5.07. The molecule has 0 saturated carbocycles. The average molecular weight is 248 g/mol. The smallest absolute Gasteiger partial charge is 0.226 e. The summed E-state index contributed by atoms with van der Waals surface area (Å²) in [6.07, 6.45) is 3.11. The summed E-state index contributed by atoms with van der Waals surface area (Å²) in [5, 5.41) is 11.5. The molecule has 1 N–H and O–H groups in total. The van der Waals surface area contributed by atoms with E-state index in [-0.39, 0.29) is 12.4 Å². The molecule has 1 unspecified atom stereocenters. The molecular formula is C9H16N2O4S. The molecule has 0 radical (unpaired) electrons. The summed E-state index contributed by atoms with van der Waals surface area (Å²) in [6, 6.07) is 0. The van der Waals surface area contributed by atoms with Crippen LogP contribution in [0.3, 0.4) is 0 Å². The summed E-state index contributed by atoms with van der Waals surface area (Å²) in [4.78, 5) is 4.01. The Labute approximate surface area is 94.6 Å². The van der Waals surface area contributed by atoms with Crippen molar-refractivity contribution in [3.63, 3.8) is 0 Å². The minimum atomic E-state index is -3.19. The van der Waals surface area contributed by atoms with E-state index < -0.39 is 15.1 Å². The van der Waals surface area contributed by atoms with E-state index in [1.54, 1.807) is 0 Å². The van der Waals surface area contributed by atoms with Gasteiger partial charge in [-0.2, -0.15) is 4.98 Å². The van der Waals surface area contributed by atoms with Crippen molar-refractivity contribution in [1.29, 1.82) is 0 Å². The lowest BCUT2D eigenvalue weighted by atomic mass is 10.2. The molecular weight excluding hydrogens is 232 g/mol. The third-order valence-corrected chi connectivity index (χ3v) is 3.78. The molecule has 0 aliphatic rings. The molecule has 0 fully saturated rings. The minimum Gasteiger partial charge on any atom is -0.396 e. The lowest BCUT2D eigenvalue weighted by molar-refractivity contribution is 0.280. The topological polar surface area (TPSA) is 93.3 Å². The minimum absolute atomic E-state index is 0.126. The van der Waals surface area contributed by atoms with Gasteiger partial charge in [-0.1, -0.05) is 5.16 Å². The quantitative estimate of drug-likeness (QED) is 0.736. The van der Waals surface area contributed by atoms with Crippen molar-refractivity contribution in [2.75, 3.05) is 12.9 Å². The Balaban J connectivity index is 2.64. The van der Waals surface area contributed by atoms with Crippen molar-refractivity contribution < 1.29 is 18.0 Å². The van der Waals surface area contributed by atoms with Crippen LogP contribution in [0.2, 0.25) is 0 Å². The molecule has 7 heteroatoms. The van der Waals surface area contributed by atoms with Crippen LogP contribution in [0.25, 0.3) is 0 Å². The summed E-state index contributed by atoms with van der Waals surface area (Å²) in [5.74, 6) is 0.612. The summed E-state index contributed by atoms with van der Waals surface area (Å²) < 4.78 is 27.4. The highest BCUT2D eigenvalue weighted by Gasteiger charge is 2.22. The van der Waals surface area contributed by atoms with Crippen molar-refractivity contribution in [3.05, 3.63) is 11.7 Å². The number of sulfone groups is 1.